The first-order valence-electron chi connectivity index (χ1n) is 6.23. The number of hydrogen-bond donors (Lipinski definition) is 0. The Morgan fingerprint density at radius 2 is 2.00 bits per heavy atom. The zero-order chi connectivity index (χ0) is 12.4. The van der Waals surface area contributed by atoms with Gasteiger partial charge in [0.25, 0.3) is 0 Å². The van der Waals surface area contributed by atoms with Gasteiger partial charge in [-0.25, -0.2) is 4.39 Å². The molecule has 0 spiro atoms. The van der Waals surface area contributed by atoms with Crippen LogP contribution in [0.3, 0.4) is 0 Å². The molecule has 0 bridgehead atoms. The third-order valence-electron chi connectivity index (χ3n) is 3.89. The van der Waals surface area contributed by atoms with Crippen LogP contribution in [-0.4, -0.2) is 45.6 Å². The van der Waals surface area contributed by atoms with Gasteiger partial charge < -0.3 is 4.43 Å². The number of halogens is 1. The topological polar surface area (TPSA) is 12.5 Å². The zero-order valence-electron chi connectivity index (χ0n) is 11.3. The lowest BCUT2D eigenvalue weighted by molar-refractivity contribution is 0.212. The molecule has 2 nitrogen and oxygen atoms in total. The summed E-state index contributed by atoms with van der Waals surface area (Å²) >= 11 is 0. The van der Waals surface area contributed by atoms with Crippen LogP contribution in [0.1, 0.15) is 27.2 Å². The van der Waals surface area contributed by atoms with Crippen molar-refractivity contribution in [1.82, 2.24) is 4.90 Å². The Hall–Kier alpha value is 0.0669. The minimum absolute atomic E-state index is 0.265. The minimum Gasteiger partial charge on any atom is -0.416 e. The SMILES string of the molecule is CC(C)(C)[Si](C)(C)OCCN1CC[C@H](F)C1. The van der Waals surface area contributed by atoms with Crippen LogP contribution in [0.15, 0.2) is 0 Å². The average Bonchev–Trinajstić information content (AvgIpc) is 2.49. The predicted octanol–water partition coefficient (Wildman–Crippen LogP) is 3.05. The molecule has 1 rings (SSSR count). The zero-order valence-corrected chi connectivity index (χ0v) is 12.3. The Bertz CT molecular complexity index is 228. The molecule has 0 aromatic carbocycles. The van der Waals surface area contributed by atoms with Crippen molar-refractivity contribution in [2.24, 2.45) is 0 Å². The summed E-state index contributed by atoms with van der Waals surface area (Å²) in [6, 6.07) is 0. The molecule has 0 saturated carbocycles. The van der Waals surface area contributed by atoms with E-state index in [1.165, 1.54) is 0 Å². The molecule has 0 N–H and O–H groups in total. The third-order valence-corrected chi connectivity index (χ3v) is 8.43. The second-order valence-electron chi connectivity index (χ2n) is 6.30. The molecule has 0 aromatic heterocycles. The van der Waals surface area contributed by atoms with Crippen LogP contribution in [0.25, 0.3) is 0 Å². The van der Waals surface area contributed by atoms with E-state index >= 15 is 0 Å². The summed E-state index contributed by atoms with van der Waals surface area (Å²) in [5.41, 5.74) is 0. The number of likely N-dealkylation sites (tertiary alicyclic amines) is 1. The lowest BCUT2D eigenvalue weighted by atomic mass is 10.2. The average molecular weight is 247 g/mol. The van der Waals surface area contributed by atoms with E-state index in [0.29, 0.717) is 13.0 Å². The van der Waals surface area contributed by atoms with Crippen molar-refractivity contribution in [1.29, 1.82) is 0 Å². The monoisotopic (exact) mass is 247 g/mol. The Balaban J connectivity index is 2.25. The highest BCUT2D eigenvalue weighted by Crippen LogP contribution is 2.36. The van der Waals surface area contributed by atoms with Gasteiger partial charge in [0.15, 0.2) is 8.32 Å². The summed E-state index contributed by atoms with van der Waals surface area (Å²) in [5.74, 6) is 0. The summed E-state index contributed by atoms with van der Waals surface area (Å²) in [7, 11) is -1.61. The summed E-state index contributed by atoms with van der Waals surface area (Å²) in [4.78, 5) is 2.16. The van der Waals surface area contributed by atoms with Gasteiger partial charge in [-0.15, -0.1) is 0 Å². The fraction of sp³-hybridized carbons (Fsp3) is 1.00. The normalized spacial score (nSPS) is 24.0. The van der Waals surface area contributed by atoms with Crippen LogP contribution < -0.4 is 0 Å². The highest BCUT2D eigenvalue weighted by molar-refractivity contribution is 6.74. The van der Waals surface area contributed by atoms with Crippen molar-refractivity contribution in [3.05, 3.63) is 0 Å². The van der Waals surface area contributed by atoms with E-state index < -0.39 is 14.5 Å². The van der Waals surface area contributed by atoms with E-state index in [2.05, 4.69) is 38.8 Å². The molecule has 4 heteroatoms. The van der Waals surface area contributed by atoms with Gasteiger partial charge in [0.05, 0.1) is 0 Å². The lowest BCUT2D eigenvalue weighted by Gasteiger charge is -2.36. The van der Waals surface area contributed by atoms with Crippen molar-refractivity contribution >= 4 is 8.32 Å². The smallest absolute Gasteiger partial charge is 0.192 e. The second-order valence-corrected chi connectivity index (χ2v) is 11.1. The maximum atomic E-state index is 13.0. The van der Waals surface area contributed by atoms with Crippen LogP contribution in [0, 0.1) is 0 Å². The van der Waals surface area contributed by atoms with Gasteiger partial charge in [-0.3, -0.25) is 4.90 Å². The largest absolute Gasteiger partial charge is 0.416 e. The molecule has 16 heavy (non-hydrogen) atoms. The van der Waals surface area contributed by atoms with Crippen LogP contribution in [-0.2, 0) is 4.43 Å². The van der Waals surface area contributed by atoms with Crippen LogP contribution in [0.5, 0.6) is 0 Å². The van der Waals surface area contributed by atoms with Gasteiger partial charge in [-0.05, 0) is 24.6 Å². The first-order chi connectivity index (χ1) is 7.22. The van der Waals surface area contributed by atoms with Crippen LogP contribution in [0.4, 0.5) is 4.39 Å². The van der Waals surface area contributed by atoms with Crippen LogP contribution in [0.2, 0.25) is 18.1 Å². The summed E-state index contributed by atoms with van der Waals surface area (Å²) in [6.45, 7) is 14.4. The van der Waals surface area contributed by atoms with E-state index in [1.54, 1.807) is 0 Å². The Labute approximate surface area is 100 Å². The minimum atomic E-state index is -1.61. The van der Waals surface area contributed by atoms with E-state index in [-0.39, 0.29) is 5.04 Å². The van der Waals surface area contributed by atoms with Gasteiger partial charge in [0.2, 0.25) is 0 Å². The maximum Gasteiger partial charge on any atom is 0.192 e. The fourth-order valence-electron chi connectivity index (χ4n) is 1.63. The molecule has 0 aromatic rings. The molecule has 1 aliphatic heterocycles. The molecule has 1 aliphatic rings. The third kappa shape index (κ3) is 3.82. The molecule has 0 amide bonds. The van der Waals surface area contributed by atoms with E-state index in [1.807, 2.05) is 0 Å². The van der Waals surface area contributed by atoms with Crippen molar-refractivity contribution in [3.63, 3.8) is 0 Å². The lowest BCUT2D eigenvalue weighted by Crippen LogP contribution is -2.42. The summed E-state index contributed by atoms with van der Waals surface area (Å²) in [6.07, 6.45) is 0.0768. The molecule has 1 atom stereocenters. The first-order valence-corrected chi connectivity index (χ1v) is 9.13. The number of nitrogens with zero attached hydrogens (tertiary/aromatic N) is 1. The second kappa shape index (κ2) is 5.15. The molecule has 1 fully saturated rings. The van der Waals surface area contributed by atoms with Gasteiger partial charge in [0.1, 0.15) is 6.17 Å². The molecular weight excluding hydrogens is 221 g/mol. The number of hydrogen-bond acceptors (Lipinski definition) is 2. The number of alkyl halides is 1. The Morgan fingerprint density at radius 1 is 1.38 bits per heavy atom. The molecule has 1 heterocycles. The quantitative estimate of drug-likeness (QED) is 0.708. The Morgan fingerprint density at radius 3 is 2.44 bits per heavy atom. The standard InChI is InChI=1S/C12H26FNOSi/c1-12(2,3)16(4,5)15-9-8-14-7-6-11(13)10-14/h11H,6-10H2,1-5H3/t11-/m0/s1. The van der Waals surface area contributed by atoms with Crippen molar-refractivity contribution in [2.75, 3.05) is 26.2 Å². The van der Waals surface area contributed by atoms with Crippen molar-refractivity contribution < 1.29 is 8.82 Å². The van der Waals surface area contributed by atoms with Gasteiger partial charge in [-0.2, -0.15) is 0 Å². The predicted molar refractivity (Wildman–Crippen MR) is 69.1 cm³/mol. The van der Waals surface area contributed by atoms with Crippen LogP contribution >= 0.6 is 0 Å². The highest BCUT2D eigenvalue weighted by atomic mass is 28.4. The summed E-state index contributed by atoms with van der Waals surface area (Å²) in [5, 5.41) is 0.265. The summed E-state index contributed by atoms with van der Waals surface area (Å²) < 4.78 is 19.0. The van der Waals surface area contributed by atoms with Gasteiger partial charge in [-0.1, -0.05) is 20.8 Å². The molecule has 0 aliphatic carbocycles. The first kappa shape index (κ1) is 14.1. The highest BCUT2D eigenvalue weighted by Gasteiger charge is 2.37. The van der Waals surface area contributed by atoms with E-state index in [9.17, 15) is 4.39 Å². The van der Waals surface area contributed by atoms with Crippen molar-refractivity contribution in [3.8, 4) is 0 Å². The molecule has 96 valence electrons. The van der Waals surface area contributed by atoms with Crippen molar-refractivity contribution in [2.45, 2.75) is 51.5 Å². The maximum absolute atomic E-state index is 13.0. The fourth-order valence-corrected chi connectivity index (χ4v) is 2.67. The molecule has 0 radical (unpaired) electrons. The molecule has 0 unspecified atom stereocenters. The van der Waals surface area contributed by atoms with Gasteiger partial charge in [0, 0.05) is 26.2 Å². The number of rotatable bonds is 4. The Kier molecular flexibility index (Phi) is 4.55. The molecule has 1 saturated heterocycles. The van der Waals surface area contributed by atoms with Gasteiger partial charge >= 0.3 is 0 Å². The van der Waals surface area contributed by atoms with E-state index in [0.717, 1.165) is 19.7 Å². The molecular formula is C12H26FNOSi. The van der Waals surface area contributed by atoms with E-state index in [4.69, 9.17) is 4.43 Å².